The molecule has 2 heterocycles. The normalized spacial score (nSPS) is 15.6. The quantitative estimate of drug-likeness (QED) is 0.683. The van der Waals surface area contributed by atoms with Crippen molar-refractivity contribution in [1.29, 1.82) is 0 Å². The van der Waals surface area contributed by atoms with Gasteiger partial charge in [-0.15, -0.1) is 0 Å². The van der Waals surface area contributed by atoms with Crippen molar-refractivity contribution in [2.75, 3.05) is 38.5 Å². The van der Waals surface area contributed by atoms with E-state index in [2.05, 4.69) is 4.90 Å². The predicted molar refractivity (Wildman–Crippen MR) is 86.2 cm³/mol. The Morgan fingerprint density at radius 3 is 2.52 bits per heavy atom. The molecule has 1 aromatic carbocycles. The fraction of sp³-hybridized carbons (Fsp3) is 0.294. The lowest BCUT2D eigenvalue weighted by molar-refractivity contribution is 0.0596. The van der Waals surface area contributed by atoms with Gasteiger partial charge in [-0.3, -0.25) is 14.5 Å². The third-order valence-electron chi connectivity index (χ3n) is 3.97. The van der Waals surface area contributed by atoms with Gasteiger partial charge >= 0.3 is 0 Å². The number of carbonyl (C=O) groups excluding carboxylic acids is 2. The second-order valence-corrected chi connectivity index (χ2v) is 5.59. The van der Waals surface area contributed by atoms with Gasteiger partial charge in [-0.05, 0) is 24.3 Å². The van der Waals surface area contributed by atoms with Gasteiger partial charge in [0.1, 0.15) is 0 Å². The summed E-state index contributed by atoms with van der Waals surface area (Å²) in [5.41, 5.74) is 6.92. The summed E-state index contributed by atoms with van der Waals surface area (Å²) in [4.78, 5) is 28.3. The largest absolute Gasteiger partial charge is 0.459 e. The zero-order valence-electron chi connectivity index (χ0n) is 12.8. The van der Waals surface area contributed by atoms with Crippen LogP contribution in [0.3, 0.4) is 0 Å². The summed E-state index contributed by atoms with van der Waals surface area (Å²) in [7, 11) is 0. The second-order valence-electron chi connectivity index (χ2n) is 5.59. The van der Waals surface area contributed by atoms with Crippen LogP contribution in [0.4, 0.5) is 5.69 Å². The van der Waals surface area contributed by atoms with Gasteiger partial charge < -0.3 is 15.1 Å². The summed E-state index contributed by atoms with van der Waals surface area (Å²) < 4.78 is 5.14. The minimum absolute atomic E-state index is 0.0445. The summed E-state index contributed by atoms with van der Waals surface area (Å²) >= 11 is 0. The molecule has 0 saturated carbocycles. The Kier molecular flexibility index (Phi) is 4.43. The number of furan rings is 1. The van der Waals surface area contributed by atoms with Crippen LogP contribution in [0.15, 0.2) is 47.1 Å². The van der Waals surface area contributed by atoms with Crippen molar-refractivity contribution < 1.29 is 14.0 Å². The number of anilines is 1. The van der Waals surface area contributed by atoms with E-state index >= 15 is 0 Å². The average molecular weight is 313 g/mol. The summed E-state index contributed by atoms with van der Waals surface area (Å²) in [6.07, 6.45) is 1.49. The van der Waals surface area contributed by atoms with Crippen LogP contribution in [-0.4, -0.2) is 54.2 Å². The van der Waals surface area contributed by atoms with Crippen LogP contribution in [0, 0.1) is 0 Å². The van der Waals surface area contributed by atoms with E-state index in [1.807, 2.05) is 0 Å². The predicted octanol–water partition coefficient (Wildman–Crippen LogP) is 1.50. The van der Waals surface area contributed by atoms with Crippen LogP contribution < -0.4 is 5.73 Å². The van der Waals surface area contributed by atoms with Crippen molar-refractivity contribution >= 4 is 17.4 Å². The third kappa shape index (κ3) is 3.60. The molecule has 6 nitrogen and oxygen atoms in total. The fourth-order valence-corrected chi connectivity index (χ4v) is 2.67. The molecule has 1 aromatic heterocycles. The maximum Gasteiger partial charge on any atom is 0.289 e. The lowest BCUT2D eigenvalue weighted by Gasteiger charge is -2.33. The highest BCUT2D eigenvalue weighted by molar-refractivity contribution is 5.98. The number of nitrogens with two attached hydrogens (primary N) is 1. The third-order valence-corrected chi connectivity index (χ3v) is 3.97. The highest BCUT2D eigenvalue weighted by Crippen LogP contribution is 2.11. The Hall–Kier alpha value is -2.60. The zero-order chi connectivity index (χ0) is 16.2. The monoisotopic (exact) mass is 313 g/mol. The van der Waals surface area contributed by atoms with Gasteiger partial charge in [0.05, 0.1) is 12.8 Å². The van der Waals surface area contributed by atoms with E-state index in [1.165, 1.54) is 6.26 Å². The first-order valence-electron chi connectivity index (χ1n) is 7.57. The summed E-state index contributed by atoms with van der Waals surface area (Å²) in [6, 6.07) is 10.4. The van der Waals surface area contributed by atoms with E-state index in [0.29, 0.717) is 49.7 Å². The molecule has 1 aliphatic heterocycles. The first-order valence-corrected chi connectivity index (χ1v) is 7.57. The van der Waals surface area contributed by atoms with E-state index in [4.69, 9.17) is 10.2 Å². The van der Waals surface area contributed by atoms with Crippen LogP contribution >= 0.6 is 0 Å². The molecule has 0 spiro atoms. The van der Waals surface area contributed by atoms with E-state index in [9.17, 15) is 9.59 Å². The molecule has 120 valence electrons. The molecule has 1 aliphatic rings. The highest BCUT2D eigenvalue weighted by atomic mass is 16.3. The lowest BCUT2D eigenvalue weighted by atomic mass is 10.1. The molecular weight excluding hydrogens is 294 g/mol. The molecule has 6 heteroatoms. The molecule has 23 heavy (non-hydrogen) atoms. The standard InChI is InChI=1S/C17H19N3O3/c18-14-4-1-3-13(11-14)15(21)12-19-6-8-20(9-7-19)17(22)16-5-2-10-23-16/h1-5,10-11H,6-9,12,18H2. The van der Waals surface area contributed by atoms with Crippen molar-refractivity contribution in [1.82, 2.24) is 9.80 Å². The molecule has 2 N–H and O–H groups in total. The van der Waals surface area contributed by atoms with Crippen LogP contribution in [0.25, 0.3) is 0 Å². The summed E-state index contributed by atoms with van der Waals surface area (Å²) in [5.74, 6) is 0.300. The molecule has 0 bridgehead atoms. The number of amides is 1. The van der Waals surface area contributed by atoms with Crippen LogP contribution in [0.1, 0.15) is 20.9 Å². The Morgan fingerprint density at radius 2 is 1.87 bits per heavy atom. The number of rotatable bonds is 4. The number of nitrogens with zero attached hydrogens (tertiary/aromatic N) is 2. The SMILES string of the molecule is Nc1cccc(C(=O)CN2CCN(C(=O)c3ccco3)CC2)c1. The van der Waals surface area contributed by atoms with Crippen molar-refractivity contribution in [2.45, 2.75) is 0 Å². The van der Waals surface area contributed by atoms with Crippen molar-refractivity contribution in [3.05, 3.63) is 54.0 Å². The van der Waals surface area contributed by atoms with E-state index < -0.39 is 0 Å². The molecule has 3 rings (SSSR count). The van der Waals surface area contributed by atoms with E-state index in [0.717, 1.165) is 0 Å². The van der Waals surface area contributed by atoms with Crippen LogP contribution in [0.5, 0.6) is 0 Å². The molecule has 0 radical (unpaired) electrons. The smallest absolute Gasteiger partial charge is 0.289 e. The number of nitrogen functional groups attached to an aromatic ring is 1. The van der Waals surface area contributed by atoms with Gasteiger partial charge in [0.25, 0.3) is 5.91 Å². The lowest BCUT2D eigenvalue weighted by Crippen LogP contribution is -2.49. The average Bonchev–Trinajstić information content (AvgIpc) is 3.09. The maximum atomic E-state index is 12.3. The summed E-state index contributed by atoms with van der Waals surface area (Å²) in [5, 5.41) is 0. The first kappa shape index (κ1) is 15.3. The van der Waals surface area contributed by atoms with Gasteiger partial charge in [0.2, 0.25) is 0 Å². The zero-order valence-corrected chi connectivity index (χ0v) is 12.8. The topological polar surface area (TPSA) is 79.8 Å². The number of Topliss-reactive ketones (excluding diaryl/α,β-unsaturated/α-hetero) is 1. The molecule has 1 saturated heterocycles. The van der Waals surface area contributed by atoms with Gasteiger partial charge in [-0.25, -0.2) is 0 Å². The van der Waals surface area contributed by atoms with Crippen molar-refractivity contribution in [3.8, 4) is 0 Å². The van der Waals surface area contributed by atoms with Crippen molar-refractivity contribution in [2.24, 2.45) is 0 Å². The van der Waals surface area contributed by atoms with E-state index in [-0.39, 0.29) is 11.7 Å². The molecule has 1 fully saturated rings. The minimum atomic E-state index is -0.100. The van der Waals surface area contributed by atoms with Gasteiger partial charge in [-0.1, -0.05) is 12.1 Å². The summed E-state index contributed by atoms with van der Waals surface area (Å²) in [6.45, 7) is 2.85. The molecule has 0 atom stereocenters. The Labute approximate surface area is 134 Å². The van der Waals surface area contributed by atoms with Crippen molar-refractivity contribution in [3.63, 3.8) is 0 Å². The maximum absolute atomic E-state index is 12.3. The number of carbonyl (C=O) groups is 2. The number of piperazine rings is 1. The number of hydrogen-bond donors (Lipinski definition) is 1. The van der Waals surface area contributed by atoms with E-state index in [1.54, 1.807) is 41.3 Å². The number of ketones is 1. The van der Waals surface area contributed by atoms with Crippen LogP contribution in [-0.2, 0) is 0 Å². The Balaban J connectivity index is 1.53. The van der Waals surface area contributed by atoms with Gasteiger partial charge in [0, 0.05) is 37.4 Å². The Bertz CT molecular complexity index is 689. The number of benzene rings is 1. The fourth-order valence-electron chi connectivity index (χ4n) is 2.67. The van der Waals surface area contributed by atoms with Gasteiger partial charge in [-0.2, -0.15) is 0 Å². The number of hydrogen-bond acceptors (Lipinski definition) is 5. The molecular formula is C17H19N3O3. The molecule has 2 aromatic rings. The molecule has 0 aliphatic carbocycles. The Morgan fingerprint density at radius 1 is 1.09 bits per heavy atom. The van der Waals surface area contributed by atoms with Gasteiger partial charge in [0.15, 0.2) is 11.5 Å². The minimum Gasteiger partial charge on any atom is -0.459 e. The van der Waals surface area contributed by atoms with Crippen LogP contribution in [0.2, 0.25) is 0 Å². The second kappa shape index (κ2) is 6.66. The highest BCUT2D eigenvalue weighted by Gasteiger charge is 2.24. The molecule has 1 amide bonds. The first-order chi connectivity index (χ1) is 11.1. The molecule has 0 unspecified atom stereocenters.